The first-order chi connectivity index (χ1) is 11.3. The van der Waals surface area contributed by atoms with Crippen LogP contribution in [0.5, 0.6) is 5.75 Å². The molecule has 1 N–H and O–H groups in total. The van der Waals surface area contributed by atoms with Crippen LogP contribution in [0.25, 0.3) is 11.1 Å². The molecule has 0 unspecified atom stereocenters. The minimum absolute atomic E-state index is 0.0922. The number of hydrogen-bond donors (Lipinski definition) is 1. The Labute approximate surface area is 137 Å². The summed E-state index contributed by atoms with van der Waals surface area (Å²) in [6, 6.07) is 15.9. The summed E-state index contributed by atoms with van der Waals surface area (Å²) < 4.78 is 5.99. The van der Waals surface area contributed by atoms with Gasteiger partial charge >= 0.3 is 0 Å². The van der Waals surface area contributed by atoms with Crippen LogP contribution in [-0.4, -0.2) is 25.5 Å². The number of para-hydroxylation sites is 1. The Morgan fingerprint density at radius 1 is 1.09 bits per heavy atom. The molecule has 0 saturated heterocycles. The van der Waals surface area contributed by atoms with Gasteiger partial charge in [0, 0.05) is 12.1 Å². The predicted molar refractivity (Wildman–Crippen MR) is 93.0 cm³/mol. The van der Waals surface area contributed by atoms with Crippen LogP contribution in [0.1, 0.15) is 30.1 Å². The molecule has 3 heteroatoms. The first kappa shape index (κ1) is 15.8. The number of hydrogen-bond acceptors (Lipinski definition) is 3. The van der Waals surface area contributed by atoms with Crippen LogP contribution in [0.15, 0.2) is 48.5 Å². The van der Waals surface area contributed by atoms with E-state index in [2.05, 4.69) is 12.2 Å². The first-order valence-electron chi connectivity index (χ1n) is 8.37. The fourth-order valence-corrected chi connectivity index (χ4v) is 2.94. The van der Waals surface area contributed by atoms with Crippen LogP contribution < -0.4 is 10.1 Å². The number of nitrogens with one attached hydrogen (secondary N) is 1. The van der Waals surface area contributed by atoms with Gasteiger partial charge in [-0.3, -0.25) is 4.79 Å². The van der Waals surface area contributed by atoms with E-state index in [4.69, 9.17) is 4.74 Å². The van der Waals surface area contributed by atoms with Gasteiger partial charge in [0.1, 0.15) is 5.75 Å². The van der Waals surface area contributed by atoms with Crippen molar-refractivity contribution in [3.05, 3.63) is 54.1 Å². The molecule has 23 heavy (non-hydrogen) atoms. The minimum atomic E-state index is -0.0922. The van der Waals surface area contributed by atoms with E-state index in [1.165, 1.54) is 0 Å². The standard InChI is InChI=1S/C20H23NO2/c1-2-3-12-21-13-16-14-23-20-17(15-8-5-4-6-9-15)10-7-11-18(20)19(16)22/h4-11,16,21H,2-3,12-14H2,1H3/t16-/m1/s1. The third kappa shape index (κ3) is 3.45. The van der Waals surface area contributed by atoms with Gasteiger partial charge in [-0.25, -0.2) is 0 Å². The number of carbonyl (C=O) groups is 1. The quantitative estimate of drug-likeness (QED) is 0.822. The molecular formula is C20H23NO2. The molecule has 0 saturated carbocycles. The molecular weight excluding hydrogens is 286 g/mol. The average molecular weight is 309 g/mol. The summed E-state index contributed by atoms with van der Waals surface area (Å²) in [4.78, 5) is 12.7. The van der Waals surface area contributed by atoms with Crippen molar-refractivity contribution in [3.63, 3.8) is 0 Å². The maximum Gasteiger partial charge on any atom is 0.174 e. The monoisotopic (exact) mass is 309 g/mol. The number of ether oxygens (including phenoxy) is 1. The normalized spacial score (nSPS) is 16.7. The molecule has 3 nitrogen and oxygen atoms in total. The number of Topliss-reactive ketones (excluding diaryl/α,β-unsaturated/α-hetero) is 1. The fourth-order valence-electron chi connectivity index (χ4n) is 2.94. The van der Waals surface area contributed by atoms with E-state index >= 15 is 0 Å². The summed E-state index contributed by atoms with van der Waals surface area (Å²) in [5, 5.41) is 3.36. The lowest BCUT2D eigenvalue weighted by molar-refractivity contribution is 0.0830. The van der Waals surface area contributed by atoms with Crippen molar-refractivity contribution >= 4 is 5.78 Å². The fraction of sp³-hybridized carbons (Fsp3) is 0.350. The summed E-state index contributed by atoms with van der Waals surface area (Å²) in [5.74, 6) is 0.826. The second-order valence-electron chi connectivity index (χ2n) is 5.98. The molecule has 0 bridgehead atoms. The Balaban J connectivity index is 1.80. The SMILES string of the molecule is CCCCNC[C@@H]1COc2c(cccc2-c2ccccc2)C1=O. The third-order valence-corrected chi connectivity index (χ3v) is 4.26. The van der Waals surface area contributed by atoms with Crippen LogP contribution in [0.3, 0.4) is 0 Å². The number of benzene rings is 2. The summed E-state index contributed by atoms with van der Waals surface area (Å²) in [6.07, 6.45) is 2.29. The second kappa shape index (κ2) is 7.42. The van der Waals surface area contributed by atoms with E-state index in [0.717, 1.165) is 36.3 Å². The predicted octanol–water partition coefficient (Wildman–Crippen LogP) is 3.93. The highest BCUT2D eigenvalue weighted by atomic mass is 16.5. The van der Waals surface area contributed by atoms with Crippen molar-refractivity contribution < 1.29 is 9.53 Å². The molecule has 120 valence electrons. The molecule has 0 radical (unpaired) electrons. The zero-order valence-corrected chi connectivity index (χ0v) is 13.5. The highest BCUT2D eigenvalue weighted by molar-refractivity contribution is 6.03. The second-order valence-corrected chi connectivity index (χ2v) is 5.98. The van der Waals surface area contributed by atoms with Crippen molar-refractivity contribution in [2.45, 2.75) is 19.8 Å². The van der Waals surface area contributed by atoms with E-state index in [-0.39, 0.29) is 11.7 Å². The maximum absolute atomic E-state index is 12.7. The Hall–Kier alpha value is -2.13. The van der Waals surface area contributed by atoms with Gasteiger partial charge in [0.05, 0.1) is 18.1 Å². The van der Waals surface area contributed by atoms with Crippen LogP contribution in [0, 0.1) is 5.92 Å². The molecule has 3 rings (SSSR count). The zero-order valence-electron chi connectivity index (χ0n) is 13.5. The van der Waals surface area contributed by atoms with Crippen molar-refractivity contribution in [1.29, 1.82) is 0 Å². The van der Waals surface area contributed by atoms with Gasteiger partial charge in [-0.1, -0.05) is 55.8 Å². The van der Waals surface area contributed by atoms with Crippen molar-refractivity contribution in [2.75, 3.05) is 19.7 Å². The Morgan fingerprint density at radius 2 is 1.87 bits per heavy atom. The molecule has 0 aromatic heterocycles. The van der Waals surface area contributed by atoms with Gasteiger partial charge < -0.3 is 10.1 Å². The number of unbranched alkanes of at least 4 members (excludes halogenated alkanes) is 1. The molecule has 1 aliphatic heterocycles. The van der Waals surface area contributed by atoms with Gasteiger partial charge in [-0.15, -0.1) is 0 Å². The van der Waals surface area contributed by atoms with Gasteiger partial charge in [0.2, 0.25) is 0 Å². The van der Waals surface area contributed by atoms with Gasteiger partial charge in [0.25, 0.3) is 0 Å². The van der Waals surface area contributed by atoms with Crippen molar-refractivity contribution in [2.24, 2.45) is 5.92 Å². The number of rotatable bonds is 6. The largest absolute Gasteiger partial charge is 0.491 e. The topological polar surface area (TPSA) is 38.3 Å². The number of carbonyl (C=O) groups excluding carboxylic acids is 1. The molecule has 1 aliphatic rings. The molecule has 1 heterocycles. The summed E-state index contributed by atoms with van der Waals surface area (Å²) >= 11 is 0. The molecule has 0 aliphatic carbocycles. The molecule has 0 spiro atoms. The summed E-state index contributed by atoms with van der Waals surface area (Å²) in [7, 11) is 0. The van der Waals surface area contributed by atoms with Gasteiger partial charge in [-0.2, -0.15) is 0 Å². The number of ketones is 1. The van der Waals surface area contributed by atoms with Gasteiger partial charge in [0.15, 0.2) is 5.78 Å². The van der Waals surface area contributed by atoms with E-state index in [0.29, 0.717) is 18.7 Å². The molecule has 1 atom stereocenters. The minimum Gasteiger partial charge on any atom is -0.491 e. The number of fused-ring (bicyclic) bond motifs is 1. The summed E-state index contributed by atoms with van der Waals surface area (Å²) in [6.45, 7) is 4.26. The average Bonchev–Trinajstić information content (AvgIpc) is 2.61. The van der Waals surface area contributed by atoms with Crippen LogP contribution in [0.2, 0.25) is 0 Å². The third-order valence-electron chi connectivity index (χ3n) is 4.26. The van der Waals surface area contributed by atoms with Crippen LogP contribution in [-0.2, 0) is 0 Å². The van der Waals surface area contributed by atoms with Crippen LogP contribution in [0.4, 0.5) is 0 Å². The Bertz CT molecular complexity index is 667. The zero-order chi connectivity index (χ0) is 16.1. The lowest BCUT2D eigenvalue weighted by Crippen LogP contribution is -2.36. The van der Waals surface area contributed by atoms with E-state index in [1.54, 1.807) is 0 Å². The first-order valence-corrected chi connectivity index (χ1v) is 8.37. The molecule has 2 aromatic carbocycles. The van der Waals surface area contributed by atoms with Crippen LogP contribution >= 0.6 is 0 Å². The summed E-state index contributed by atoms with van der Waals surface area (Å²) in [5.41, 5.74) is 2.78. The lowest BCUT2D eigenvalue weighted by atomic mass is 9.91. The smallest absolute Gasteiger partial charge is 0.174 e. The Morgan fingerprint density at radius 3 is 2.65 bits per heavy atom. The van der Waals surface area contributed by atoms with E-state index in [9.17, 15) is 4.79 Å². The molecule has 0 fully saturated rings. The molecule has 0 amide bonds. The Kier molecular flexibility index (Phi) is 5.09. The highest BCUT2D eigenvalue weighted by Gasteiger charge is 2.30. The molecule has 2 aromatic rings. The van der Waals surface area contributed by atoms with E-state index < -0.39 is 0 Å². The maximum atomic E-state index is 12.7. The lowest BCUT2D eigenvalue weighted by Gasteiger charge is -2.26. The van der Waals surface area contributed by atoms with Crippen molar-refractivity contribution in [1.82, 2.24) is 5.32 Å². The van der Waals surface area contributed by atoms with Gasteiger partial charge in [-0.05, 0) is 24.6 Å². The van der Waals surface area contributed by atoms with E-state index in [1.807, 2.05) is 48.5 Å². The van der Waals surface area contributed by atoms with Crippen molar-refractivity contribution in [3.8, 4) is 16.9 Å². The highest BCUT2D eigenvalue weighted by Crippen LogP contribution is 2.37.